The van der Waals surface area contributed by atoms with Crippen molar-refractivity contribution in [2.75, 3.05) is 17.1 Å². The average Bonchev–Trinajstić information content (AvgIpc) is 3.19. The summed E-state index contributed by atoms with van der Waals surface area (Å²) in [4.78, 5) is 16.6. The second kappa shape index (κ2) is 9.73. The van der Waals surface area contributed by atoms with Gasteiger partial charge in [0.1, 0.15) is 5.75 Å². The second-order valence-electron chi connectivity index (χ2n) is 6.52. The molecule has 1 amide bonds. The predicted molar refractivity (Wildman–Crippen MR) is 119 cm³/mol. The van der Waals surface area contributed by atoms with Crippen molar-refractivity contribution in [3.05, 3.63) is 65.2 Å². The zero-order valence-electron chi connectivity index (χ0n) is 16.7. The number of nitrogens with zero attached hydrogens (tertiary/aromatic N) is 1. The number of nitrogens with one attached hydrogen (secondary N) is 2. The molecule has 0 fully saturated rings. The summed E-state index contributed by atoms with van der Waals surface area (Å²) >= 11 is 1.18. The van der Waals surface area contributed by atoms with E-state index >= 15 is 0 Å². The van der Waals surface area contributed by atoms with E-state index in [2.05, 4.69) is 21.9 Å². The molecule has 0 saturated carbocycles. The van der Waals surface area contributed by atoms with Gasteiger partial charge in [-0.1, -0.05) is 19.1 Å². The van der Waals surface area contributed by atoms with Crippen molar-refractivity contribution in [2.45, 2.75) is 31.1 Å². The Morgan fingerprint density at radius 2 is 1.80 bits per heavy atom. The first kappa shape index (κ1) is 21.8. The Bertz CT molecular complexity index is 1090. The summed E-state index contributed by atoms with van der Waals surface area (Å²) in [7, 11) is -2.22. The first-order valence-electron chi connectivity index (χ1n) is 9.39. The quantitative estimate of drug-likeness (QED) is 0.517. The molecule has 0 aliphatic rings. The largest absolute Gasteiger partial charge is 0.497 e. The standard InChI is InChI=1S/C21H23N3O4S2/c1-3-15-4-6-16(7-5-15)22-20(25)13-8-17-14-29-21(23-17)24-30(26,27)19-11-9-18(28-2)10-12-19/h4-7,9-12,14H,3,8,13H2,1-2H3,(H,22,25)(H,23,24). The highest BCUT2D eigenvalue weighted by molar-refractivity contribution is 7.93. The Labute approximate surface area is 180 Å². The molecule has 0 aliphatic heterocycles. The number of aromatic nitrogens is 1. The van der Waals surface area contributed by atoms with Crippen LogP contribution in [-0.2, 0) is 27.7 Å². The van der Waals surface area contributed by atoms with Gasteiger partial charge in [-0.3, -0.25) is 9.52 Å². The van der Waals surface area contributed by atoms with Gasteiger partial charge in [-0.15, -0.1) is 11.3 Å². The number of rotatable bonds is 9. The topological polar surface area (TPSA) is 97.4 Å². The minimum absolute atomic E-state index is 0.118. The molecule has 2 aromatic carbocycles. The number of hydrogen-bond acceptors (Lipinski definition) is 6. The number of carbonyl (C=O) groups excluding carboxylic acids is 1. The number of methoxy groups -OCH3 is 1. The van der Waals surface area contributed by atoms with Gasteiger partial charge in [0.05, 0.1) is 17.7 Å². The van der Waals surface area contributed by atoms with Gasteiger partial charge in [0, 0.05) is 17.5 Å². The third kappa shape index (κ3) is 5.80. The summed E-state index contributed by atoms with van der Waals surface area (Å²) in [5.41, 5.74) is 2.62. The molecule has 7 nitrogen and oxygen atoms in total. The molecule has 3 rings (SSSR count). The van der Waals surface area contributed by atoms with Crippen molar-refractivity contribution in [3.8, 4) is 5.75 Å². The van der Waals surface area contributed by atoms with Gasteiger partial charge in [0.25, 0.3) is 10.0 Å². The van der Waals surface area contributed by atoms with Crippen LogP contribution in [0.15, 0.2) is 58.8 Å². The van der Waals surface area contributed by atoms with E-state index in [1.54, 1.807) is 17.5 Å². The maximum atomic E-state index is 12.5. The number of hydrogen-bond donors (Lipinski definition) is 2. The van der Waals surface area contributed by atoms with Crippen molar-refractivity contribution in [1.29, 1.82) is 0 Å². The van der Waals surface area contributed by atoms with Gasteiger partial charge in [-0.05, 0) is 54.8 Å². The Kier molecular flexibility index (Phi) is 7.07. The summed E-state index contributed by atoms with van der Waals surface area (Å²) in [5, 5.41) is 4.86. The molecule has 30 heavy (non-hydrogen) atoms. The van der Waals surface area contributed by atoms with Crippen molar-refractivity contribution in [2.24, 2.45) is 0 Å². The van der Waals surface area contributed by atoms with Crippen LogP contribution >= 0.6 is 11.3 Å². The van der Waals surface area contributed by atoms with Crippen LogP contribution in [0.25, 0.3) is 0 Å². The normalized spacial score (nSPS) is 11.1. The molecule has 1 heterocycles. The molecule has 2 N–H and O–H groups in total. The lowest BCUT2D eigenvalue weighted by molar-refractivity contribution is -0.116. The third-order valence-electron chi connectivity index (χ3n) is 4.40. The monoisotopic (exact) mass is 445 g/mol. The lowest BCUT2D eigenvalue weighted by atomic mass is 10.1. The number of anilines is 2. The van der Waals surface area contributed by atoms with E-state index in [-0.39, 0.29) is 22.4 Å². The van der Waals surface area contributed by atoms with E-state index in [0.29, 0.717) is 17.9 Å². The van der Waals surface area contributed by atoms with E-state index in [1.165, 1.54) is 36.1 Å². The molecular formula is C21H23N3O4S2. The van der Waals surface area contributed by atoms with Crippen LogP contribution in [-0.4, -0.2) is 26.4 Å². The Balaban J connectivity index is 1.54. The lowest BCUT2D eigenvalue weighted by Crippen LogP contribution is -2.13. The lowest BCUT2D eigenvalue weighted by Gasteiger charge is -2.06. The fraction of sp³-hybridized carbons (Fsp3) is 0.238. The van der Waals surface area contributed by atoms with Crippen molar-refractivity contribution >= 4 is 38.1 Å². The fourth-order valence-electron chi connectivity index (χ4n) is 2.69. The SMILES string of the molecule is CCc1ccc(NC(=O)CCc2csc(NS(=O)(=O)c3ccc(OC)cc3)n2)cc1. The molecule has 1 aromatic heterocycles. The van der Waals surface area contributed by atoms with Crippen molar-refractivity contribution in [3.63, 3.8) is 0 Å². The van der Waals surface area contributed by atoms with Gasteiger partial charge >= 0.3 is 0 Å². The smallest absolute Gasteiger partial charge is 0.263 e. The molecule has 158 valence electrons. The fourth-order valence-corrected chi connectivity index (χ4v) is 4.68. The van der Waals surface area contributed by atoms with Crippen molar-refractivity contribution < 1.29 is 17.9 Å². The zero-order chi connectivity index (χ0) is 21.6. The van der Waals surface area contributed by atoms with Crippen LogP contribution in [0.3, 0.4) is 0 Å². The highest BCUT2D eigenvalue weighted by Crippen LogP contribution is 2.22. The minimum atomic E-state index is -3.74. The second-order valence-corrected chi connectivity index (χ2v) is 9.06. The number of carbonyl (C=O) groups is 1. The van der Waals surface area contributed by atoms with Gasteiger partial charge < -0.3 is 10.1 Å². The average molecular weight is 446 g/mol. The molecule has 0 atom stereocenters. The van der Waals surface area contributed by atoms with E-state index in [4.69, 9.17) is 4.74 Å². The molecule has 0 bridgehead atoms. The third-order valence-corrected chi connectivity index (χ3v) is 6.69. The Morgan fingerprint density at radius 1 is 1.10 bits per heavy atom. The van der Waals surface area contributed by atoms with Gasteiger partial charge in [0.2, 0.25) is 5.91 Å². The highest BCUT2D eigenvalue weighted by Gasteiger charge is 2.16. The van der Waals surface area contributed by atoms with Crippen molar-refractivity contribution in [1.82, 2.24) is 4.98 Å². The van der Waals surface area contributed by atoms with Crippen LogP contribution in [0, 0.1) is 0 Å². The molecule has 0 aliphatic carbocycles. The van der Waals surface area contributed by atoms with E-state index in [0.717, 1.165) is 12.1 Å². The number of aryl methyl sites for hydroxylation is 2. The van der Waals surface area contributed by atoms with Crippen LogP contribution in [0.5, 0.6) is 5.75 Å². The molecule has 3 aromatic rings. The molecule has 9 heteroatoms. The number of sulfonamides is 1. The van der Waals surface area contributed by atoms with Crippen LogP contribution in [0.4, 0.5) is 10.8 Å². The first-order chi connectivity index (χ1) is 14.4. The summed E-state index contributed by atoms with van der Waals surface area (Å²) < 4.78 is 32.5. The van der Waals surface area contributed by atoms with Gasteiger partial charge in [-0.2, -0.15) is 0 Å². The summed E-state index contributed by atoms with van der Waals surface area (Å²) in [5.74, 6) is 0.456. The van der Waals surface area contributed by atoms with Crippen LogP contribution in [0.1, 0.15) is 24.6 Å². The zero-order valence-corrected chi connectivity index (χ0v) is 18.3. The summed E-state index contributed by atoms with van der Waals surface area (Å²) in [6, 6.07) is 13.8. The molecule has 0 spiro atoms. The Morgan fingerprint density at radius 3 is 2.43 bits per heavy atom. The van der Waals surface area contributed by atoms with Crippen LogP contribution < -0.4 is 14.8 Å². The number of benzene rings is 2. The summed E-state index contributed by atoms with van der Waals surface area (Å²) in [6.45, 7) is 2.08. The maximum absolute atomic E-state index is 12.5. The molecule has 0 radical (unpaired) electrons. The maximum Gasteiger partial charge on any atom is 0.263 e. The van der Waals surface area contributed by atoms with Gasteiger partial charge in [0.15, 0.2) is 5.13 Å². The van der Waals surface area contributed by atoms with Gasteiger partial charge in [-0.25, -0.2) is 13.4 Å². The number of thiazole rings is 1. The molecular weight excluding hydrogens is 422 g/mol. The Hall–Kier alpha value is -2.91. The van der Waals surface area contributed by atoms with E-state index < -0.39 is 10.0 Å². The van der Waals surface area contributed by atoms with E-state index in [9.17, 15) is 13.2 Å². The van der Waals surface area contributed by atoms with Crippen LogP contribution in [0.2, 0.25) is 0 Å². The minimum Gasteiger partial charge on any atom is -0.497 e. The predicted octanol–water partition coefficient (Wildman–Crippen LogP) is 4.09. The number of ether oxygens (including phenoxy) is 1. The number of amides is 1. The highest BCUT2D eigenvalue weighted by atomic mass is 32.2. The summed E-state index contributed by atoms with van der Waals surface area (Å²) in [6.07, 6.45) is 1.62. The molecule has 0 unspecified atom stereocenters. The first-order valence-corrected chi connectivity index (χ1v) is 11.8. The molecule has 0 saturated heterocycles. The van der Waals surface area contributed by atoms with E-state index in [1.807, 2.05) is 24.3 Å².